The summed E-state index contributed by atoms with van der Waals surface area (Å²) in [5, 5.41) is 0.798. The number of hydrogen-bond donors (Lipinski definition) is 0. The predicted octanol–water partition coefficient (Wildman–Crippen LogP) is 2.95. The second-order valence-electron chi connectivity index (χ2n) is 5.03. The van der Waals surface area contributed by atoms with E-state index >= 15 is 0 Å². The van der Waals surface area contributed by atoms with Gasteiger partial charge in [-0.3, -0.25) is 4.79 Å². The van der Waals surface area contributed by atoms with E-state index in [2.05, 4.69) is 22.9 Å². The van der Waals surface area contributed by atoms with Crippen LogP contribution in [0.25, 0.3) is 0 Å². The summed E-state index contributed by atoms with van der Waals surface area (Å²) in [5.41, 5.74) is 0.562. The monoisotopic (exact) mass is 341 g/mol. The summed E-state index contributed by atoms with van der Waals surface area (Å²) in [6.07, 6.45) is 1.04. The molecule has 2 unspecified atom stereocenters. The highest BCUT2D eigenvalue weighted by Gasteiger charge is 2.35. The van der Waals surface area contributed by atoms with Crippen LogP contribution in [0, 0.1) is 5.92 Å². The first-order valence-electron chi connectivity index (χ1n) is 6.72. The molecule has 2 rings (SSSR count). The summed E-state index contributed by atoms with van der Waals surface area (Å²) in [7, 11) is 3.13. The van der Waals surface area contributed by atoms with E-state index in [9.17, 15) is 4.79 Å². The topological polar surface area (TPSA) is 38.8 Å². The third kappa shape index (κ3) is 2.64. The molecule has 0 saturated carbocycles. The van der Waals surface area contributed by atoms with E-state index in [1.54, 1.807) is 26.4 Å². The van der Waals surface area contributed by atoms with Gasteiger partial charge in [-0.25, -0.2) is 0 Å². The number of ether oxygens (including phenoxy) is 2. The molecule has 5 heteroatoms. The van der Waals surface area contributed by atoms with Crippen LogP contribution < -0.4 is 9.47 Å². The molecule has 1 amide bonds. The van der Waals surface area contributed by atoms with Crippen molar-refractivity contribution in [3.05, 3.63) is 23.8 Å². The lowest BCUT2D eigenvalue weighted by Gasteiger charge is -2.26. The van der Waals surface area contributed by atoms with Crippen LogP contribution in [0.4, 0.5) is 0 Å². The fourth-order valence-electron chi connectivity index (χ4n) is 2.71. The molecule has 1 aromatic carbocycles. The van der Waals surface area contributed by atoms with Crippen molar-refractivity contribution in [1.82, 2.24) is 4.90 Å². The maximum atomic E-state index is 12.8. The molecular formula is C15H20BrNO3. The highest BCUT2D eigenvalue weighted by Crippen LogP contribution is 2.34. The number of rotatable bonds is 4. The zero-order valence-electron chi connectivity index (χ0n) is 12.1. The van der Waals surface area contributed by atoms with Crippen LogP contribution in [0.15, 0.2) is 18.2 Å². The van der Waals surface area contributed by atoms with Crippen LogP contribution in [0.1, 0.15) is 23.7 Å². The quantitative estimate of drug-likeness (QED) is 0.790. The Bertz CT molecular complexity index is 492. The zero-order valence-corrected chi connectivity index (χ0v) is 13.6. The van der Waals surface area contributed by atoms with Crippen molar-refractivity contribution in [3.8, 4) is 11.5 Å². The molecule has 4 nitrogen and oxygen atoms in total. The Labute approximate surface area is 128 Å². The van der Waals surface area contributed by atoms with Gasteiger partial charge in [0.1, 0.15) is 0 Å². The first-order chi connectivity index (χ1) is 9.63. The molecule has 0 radical (unpaired) electrons. The maximum absolute atomic E-state index is 12.8. The lowest BCUT2D eigenvalue weighted by molar-refractivity contribution is 0.0734. The van der Waals surface area contributed by atoms with Crippen LogP contribution in [0.3, 0.4) is 0 Å². The van der Waals surface area contributed by atoms with Crippen LogP contribution in [0.2, 0.25) is 0 Å². The van der Waals surface area contributed by atoms with Gasteiger partial charge in [0.05, 0.1) is 19.8 Å². The van der Waals surface area contributed by atoms with Crippen molar-refractivity contribution >= 4 is 21.8 Å². The molecule has 1 saturated heterocycles. The van der Waals surface area contributed by atoms with E-state index in [1.807, 2.05) is 11.0 Å². The number of carbonyl (C=O) groups is 1. The number of methoxy groups -OCH3 is 2. The predicted molar refractivity (Wildman–Crippen MR) is 81.9 cm³/mol. The zero-order chi connectivity index (χ0) is 14.7. The minimum atomic E-state index is 0.00884. The molecule has 1 heterocycles. The van der Waals surface area contributed by atoms with Crippen LogP contribution in [-0.2, 0) is 0 Å². The number of halogens is 1. The fourth-order valence-corrected chi connectivity index (χ4v) is 3.69. The third-order valence-corrected chi connectivity index (χ3v) is 4.60. The Kier molecular flexibility index (Phi) is 4.91. The Morgan fingerprint density at radius 3 is 2.75 bits per heavy atom. The van der Waals surface area contributed by atoms with E-state index in [-0.39, 0.29) is 11.9 Å². The van der Waals surface area contributed by atoms with Gasteiger partial charge < -0.3 is 14.4 Å². The first-order valence-corrected chi connectivity index (χ1v) is 7.84. The van der Waals surface area contributed by atoms with E-state index in [4.69, 9.17) is 9.47 Å². The van der Waals surface area contributed by atoms with E-state index in [0.717, 1.165) is 18.3 Å². The summed E-state index contributed by atoms with van der Waals surface area (Å²) in [6.45, 7) is 2.97. The van der Waals surface area contributed by atoms with Gasteiger partial charge in [-0.1, -0.05) is 28.9 Å². The first kappa shape index (κ1) is 15.2. The molecule has 0 bridgehead atoms. The van der Waals surface area contributed by atoms with Gasteiger partial charge in [-0.15, -0.1) is 0 Å². The van der Waals surface area contributed by atoms with E-state index in [1.165, 1.54) is 0 Å². The average Bonchev–Trinajstić information content (AvgIpc) is 2.86. The Hall–Kier alpha value is -1.23. The molecule has 1 fully saturated rings. The van der Waals surface area contributed by atoms with Gasteiger partial charge in [-0.05, 0) is 24.5 Å². The molecule has 2 atom stereocenters. The summed E-state index contributed by atoms with van der Waals surface area (Å²) >= 11 is 3.51. The normalized spacial score (nSPS) is 21.9. The highest BCUT2D eigenvalue weighted by atomic mass is 79.9. The second-order valence-corrected chi connectivity index (χ2v) is 5.67. The van der Waals surface area contributed by atoms with Crippen LogP contribution >= 0.6 is 15.9 Å². The molecule has 0 spiro atoms. The fraction of sp³-hybridized carbons (Fsp3) is 0.533. The lowest BCUT2D eigenvalue weighted by atomic mass is 10.0. The van der Waals surface area contributed by atoms with Crippen molar-refractivity contribution in [2.45, 2.75) is 19.4 Å². The Balaban J connectivity index is 2.34. The molecule has 1 aromatic rings. The average molecular weight is 342 g/mol. The molecule has 1 aliphatic rings. The standard InChI is InChI=1S/C15H20BrNO3/c1-10-7-8-17(12(10)9-16)15(18)11-5-4-6-13(19-2)14(11)20-3/h4-6,10,12H,7-9H2,1-3H3. The maximum Gasteiger partial charge on any atom is 0.258 e. The number of likely N-dealkylation sites (tertiary alicyclic amines) is 1. The second kappa shape index (κ2) is 6.48. The van der Waals surface area contributed by atoms with Crippen LogP contribution in [0.5, 0.6) is 11.5 Å². The number of alkyl halides is 1. The van der Waals surface area contributed by atoms with E-state index < -0.39 is 0 Å². The molecule has 1 aliphatic heterocycles. The number of hydrogen-bond acceptors (Lipinski definition) is 3. The van der Waals surface area contributed by atoms with Crippen molar-refractivity contribution in [1.29, 1.82) is 0 Å². The largest absolute Gasteiger partial charge is 0.493 e. The van der Waals surface area contributed by atoms with Gasteiger partial charge in [-0.2, -0.15) is 0 Å². The minimum absolute atomic E-state index is 0.00884. The van der Waals surface area contributed by atoms with Gasteiger partial charge in [0.25, 0.3) is 5.91 Å². The van der Waals surface area contributed by atoms with Gasteiger partial charge in [0.2, 0.25) is 0 Å². The smallest absolute Gasteiger partial charge is 0.258 e. The summed E-state index contributed by atoms with van der Waals surface area (Å²) in [5.74, 6) is 1.61. The molecule has 110 valence electrons. The van der Waals surface area contributed by atoms with Gasteiger partial charge in [0.15, 0.2) is 11.5 Å². The molecular weight excluding hydrogens is 322 g/mol. The van der Waals surface area contributed by atoms with Gasteiger partial charge >= 0.3 is 0 Å². The molecule has 20 heavy (non-hydrogen) atoms. The lowest BCUT2D eigenvalue weighted by Crippen LogP contribution is -2.38. The third-order valence-electron chi connectivity index (χ3n) is 3.93. The van der Waals surface area contributed by atoms with Crippen molar-refractivity contribution < 1.29 is 14.3 Å². The number of amides is 1. The Morgan fingerprint density at radius 2 is 2.15 bits per heavy atom. The van der Waals surface area contributed by atoms with Crippen molar-refractivity contribution in [3.63, 3.8) is 0 Å². The summed E-state index contributed by atoms with van der Waals surface area (Å²) < 4.78 is 10.6. The summed E-state index contributed by atoms with van der Waals surface area (Å²) in [6, 6.07) is 5.64. The molecule has 0 aliphatic carbocycles. The number of carbonyl (C=O) groups excluding carboxylic acids is 1. The SMILES string of the molecule is COc1cccc(C(=O)N2CCC(C)C2CBr)c1OC. The number of nitrogens with zero attached hydrogens (tertiary/aromatic N) is 1. The van der Waals surface area contributed by atoms with Crippen molar-refractivity contribution in [2.75, 3.05) is 26.1 Å². The number of para-hydroxylation sites is 1. The molecule has 0 aromatic heterocycles. The number of benzene rings is 1. The molecule has 0 N–H and O–H groups in total. The van der Waals surface area contributed by atoms with E-state index in [0.29, 0.717) is 23.0 Å². The van der Waals surface area contributed by atoms with Crippen molar-refractivity contribution in [2.24, 2.45) is 5.92 Å². The highest BCUT2D eigenvalue weighted by molar-refractivity contribution is 9.09. The minimum Gasteiger partial charge on any atom is -0.493 e. The summed E-state index contributed by atoms with van der Waals surface area (Å²) in [4.78, 5) is 14.7. The Morgan fingerprint density at radius 1 is 1.40 bits per heavy atom. The van der Waals surface area contributed by atoms with Crippen LogP contribution in [-0.4, -0.2) is 42.9 Å². The van der Waals surface area contributed by atoms with Gasteiger partial charge in [0, 0.05) is 17.9 Å².